The first-order chi connectivity index (χ1) is 9.51. The molecule has 1 heterocycles. The SMILES string of the molecule is CNC(Cc1cc(F)ccc1F)c1ncc(C)cc1C. The average Bonchev–Trinajstić information content (AvgIpc) is 2.40. The minimum Gasteiger partial charge on any atom is -0.311 e. The molecule has 20 heavy (non-hydrogen) atoms. The van der Waals surface area contributed by atoms with Gasteiger partial charge < -0.3 is 5.32 Å². The summed E-state index contributed by atoms with van der Waals surface area (Å²) in [5, 5.41) is 3.12. The Kier molecular flexibility index (Phi) is 4.45. The predicted molar refractivity (Wildman–Crippen MR) is 75.6 cm³/mol. The summed E-state index contributed by atoms with van der Waals surface area (Å²) in [6.45, 7) is 3.95. The predicted octanol–water partition coefficient (Wildman–Crippen LogP) is 3.48. The number of nitrogens with zero attached hydrogens (tertiary/aromatic N) is 1. The van der Waals surface area contributed by atoms with Crippen molar-refractivity contribution in [3.63, 3.8) is 0 Å². The number of benzene rings is 1. The van der Waals surface area contributed by atoms with Gasteiger partial charge in [0.2, 0.25) is 0 Å². The lowest BCUT2D eigenvalue weighted by molar-refractivity contribution is 0.534. The number of aryl methyl sites for hydroxylation is 2. The van der Waals surface area contributed by atoms with Crippen LogP contribution in [0.15, 0.2) is 30.5 Å². The number of aromatic nitrogens is 1. The lowest BCUT2D eigenvalue weighted by atomic mass is 9.99. The first-order valence-corrected chi connectivity index (χ1v) is 6.55. The van der Waals surface area contributed by atoms with E-state index in [4.69, 9.17) is 0 Å². The first kappa shape index (κ1) is 14.6. The summed E-state index contributed by atoms with van der Waals surface area (Å²) in [5.41, 5.74) is 3.34. The van der Waals surface area contributed by atoms with Crippen LogP contribution in [-0.2, 0) is 6.42 Å². The largest absolute Gasteiger partial charge is 0.311 e. The third kappa shape index (κ3) is 3.20. The van der Waals surface area contributed by atoms with Crippen molar-refractivity contribution in [3.8, 4) is 0 Å². The molecule has 1 aromatic heterocycles. The Morgan fingerprint density at radius 3 is 2.60 bits per heavy atom. The number of likely N-dealkylation sites (N-methyl/N-ethyl adjacent to an activating group) is 1. The van der Waals surface area contributed by atoms with Crippen LogP contribution in [0.3, 0.4) is 0 Å². The zero-order chi connectivity index (χ0) is 14.7. The quantitative estimate of drug-likeness (QED) is 0.924. The normalized spacial score (nSPS) is 12.4. The van der Waals surface area contributed by atoms with E-state index < -0.39 is 11.6 Å². The molecular formula is C16H18F2N2. The molecule has 0 saturated heterocycles. The molecule has 0 aliphatic heterocycles. The second-order valence-electron chi connectivity index (χ2n) is 5.00. The van der Waals surface area contributed by atoms with E-state index in [0.29, 0.717) is 12.0 Å². The summed E-state index contributed by atoms with van der Waals surface area (Å²) in [7, 11) is 1.79. The summed E-state index contributed by atoms with van der Waals surface area (Å²) in [6, 6.07) is 5.42. The minimum atomic E-state index is -0.426. The van der Waals surface area contributed by atoms with Crippen LogP contribution in [0.2, 0.25) is 0 Å². The molecule has 1 unspecified atom stereocenters. The van der Waals surface area contributed by atoms with E-state index >= 15 is 0 Å². The minimum absolute atomic E-state index is 0.146. The lowest BCUT2D eigenvalue weighted by Gasteiger charge is -2.18. The van der Waals surface area contributed by atoms with Crippen molar-refractivity contribution in [2.24, 2.45) is 0 Å². The highest BCUT2D eigenvalue weighted by molar-refractivity contribution is 5.28. The fraction of sp³-hybridized carbons (Fsp3) is 0.312. The van der Waals surface area contributed by atoms with Gasteiger partial charge in [0.1, 0.15) is 11.6 Å². The molecule has 0 spiro atoms. The molecule has 2 nitrogen and oxygen atoms in total. The molecule has 1 aromatic carbocycles. The Morgan fingerprint density at radius 1 is 1.20 bits per heavy atom. The van der Waals surface area contributed by atoms with Crippen LogP contribution in [0.25, 0.3) is 0 Å². The number of hydrogen-bond acceptors (Lipinski definition) is 2. The van der Waals surface area contributed by atoms with Gasteiger partial charge in [0.25, 0.3) is 0 Å². The van der Waals surface area contributed by atoms with Gasteiger partial charge in [-0.2, -0.15) is 0 Å². The molecule has 0 bridgehead atoms. The Balaban J connectivity index is 2.31. The van der Waals surface area contributed by atoms with Crippen LogP contribution < -0.4 is 5.32 Å². The van der Waals surface area contributed by atoms with Crippen LogP contribution >= 0.6 is 0 Å². The first-order valence-electron chi connectivity index (χ1n) is 6.55. The van der Waals surface area contributed by atoms with Crippen molar-refractivity contribution in [2.45, 2.75) is 26.3 Å². The highest BCUT2D eigenvalue weighted by Gasteiger charge is 2.16. The van der Waals surface area contributed by atoms with Crippen molar-refractivity contribution in [2.75, 3.05) is 7.05 Å². The van der Waals surface area contributed by atoms with Gasteiger partial charge in [-0.25, -0.2) is 8.78 Å². The molecule has 0 aliphatic rings. The van der Waals surface area contributed by atoms with E-state index in [1.165, 1.54) is 6.07 Å². The molecule has 0 saturated carbocycles. The zero-order valence-electron chi connectivity index (χ0n) is 11.9. The van der Waals surface area contributed by atoms with Crippen molar-refractivity contribution in [1.82, 2.24) is 10.3 Å². The molecule has 1 atom stereocenters. The molecule has 4 heteroatoms. The molecule has 106 valence electrons. The van der Waals surface area contributed by atoms with E-state index in [-0.39, 0.29) is 6.04 Å². The maximum atomic E-state index is 13.7. The Bertz CT molecular complexity index is 611. The van der Waals surface area contributed by atoms with Crippen LogP contribution in [0, 0.1) is 25.5 Å². The Labute approximate surface area is 117 Å². The van der Waals surface area contributed by atoms with Gasteiger partial charge in [0.15, 0.2) is 0 Å². The molecule has 0 radical (unpaired) electrons. The molecule has 0 amide bonds. The van der Waals surface area contributed by atoms with E-state index in [1.54, 1.807) is 13.2 Å². The zero-order valence-corrected chi connectivity index (χ0v) is 11.9. The lowest BCUT2D eigenvalue weighted by Crippen LogP contribution is -2.21. The van der Waals surface area contributed by atoms with E-state index in [2.05, 4.69) is 10.3 Å². The molecule has 0 fully saturated rings. The monoisotopic (exact) mass is 276 g/mol. The van der Waals surface area contributed by atoms with Crippen LogP contribution in [0.5, 0.6) is 0 Å². The topological polar surface area (TPSA) is 24.9 Å². The Hall–Kier alpha value is -1.81. The van der Waals surface area contributed by atoms with E-state index in [0.717, 1.165) is 29.0 Å². The van der Waals surface area contributed by atoms with Gasteiger partial charge in [0.05, 0.1) is 11.7 Å². The fourth-order valence-electron chi connectivity index (χ4n) is 2.35. The third-order valence-electron chi connectivity index (χ3n) is 3.37. The van der Waals surface area contributed by atoms with Gasteiger partial charge in [-0.3, -0.25) is 4.98 Å². The van der Waals surface area contributed by atoms with Crippen LogP contribution in [0.1, 0.15) is 28.4 Å². The maximum Gasteiger partial charge on any atom is 0.126 e. The third-order valence-corrected chi connectivity index (χ3v) is 3.37. The molecule has 2 aromatic rings. The van der Waals surface area contributed by atoms with Crippen molar-refractivity contribution in [1.29, 1.82) is 0 Å². The Morgan fingerprint density at radius 2 is 1.95 bits per heavy atom. The van der Waals surface area contributed by atoms with Gasteiger partial charge >= 0.3 is 0 Å². The summed E-state index contributed by atoms with van der Waals surface area (Å²) in [4.78, 5) is 4.42. The fourth-order valence-corrected chi connectivity index (χ4v) is 2.35. The second-order valence-corrected chi connectivity index (χ2v) is 5.00. The molecule has 0 aliphatic carbocycles. The number of halogens is 2. The van der Waals surface area contributed by atoms with Gasteiger partial charge in [-0.15, -0.1) is 0 Å². The highest BCUT2D eigenvalue weighted by atomic mass is 19.1. The van der Waals surface area contributed by atoms with E-state index in [9.17, 15) is 8.78 Å². The second kappa shape index (κ2) is 6.09. The molecular weight excluding hydrogens is 258 g/mol. The summed E-state index contributed by atoms with van der Waals surface area (Å²) in [5.74, 6) is -0.818. The van der Waals surface area contributed by atoms with Crippen molar-refractivity contribution in [3.05, 3.63) is 64.5 Å². The summed E-state index contributed by atoms with van der Waals surface area (Å²) in [6.07, 6.45) is 2.14. The smallest absolute Gasteiger partial charge is 0.126 e. The number of pyridine rings is 1. The summed E-state index contributed by atoms with van der Waals surface area (Å²) >= 11 is 0. The standard InChI is InChI=1S/C16H18F2N2/c1-10-6-11(2)16(20-9-10)15(19-3)8-12-7-13(17)4-5-14(12)18/h4-7,9,15,19H,8H2,1-3H3. The molecule has 1 N–H and O–H groups in total. The van der Waals surface area contributed by atoms with Gasteiger partial charge in [-0.05, 0) is 62.2 Å². The highest BCUT2D eigenvalue weighted by Crippen LogP contribution is 2.22. The number of hydrogen-bond donors (Lipinski definition) is 1. The van der Waals surface area contributed by atoms with Gasteiger partial charge in [0, 0.05) is 6.20 Å². The van der Waals surface area contributed by atoms with Crippen molar-refractivity contribution < 1.29 is 8.78 Å². The molecule has 2 rings (SSSR count). The average molecular weight is 276 g/mol. The van der Waals surface area contributed by atoms with Crippen LogP contribution in [-0.4, -0.2) is 12.0 Å². The summed E-state index contributed by atoms with van der Waals surface area (Å²) < 4.78 is 27.0. The van der Waals surface area contributed by atoms with Crippen molar-refractivity contribution >= 4 is 0 Å². The van der Waals surface area contributed by atoms with E-state index in [1.807, 2.05) is 19.9 Å². The number of rotatable bonds is 4. The maximum absolute atomic E-state index is 13.7. The van der Waals surface area contributed by atoms with Crippen LogP contribution in [0.4, 0.5) is 8.78 Å². The van der Waals surface area contributed by atoms with Gasteiger partial charge in [-0.1, -0.05) is 6.07 Å². The number of nitrogens with one attached hydrogen (secondary N) is 1.